The Morgan fingerprint density at radius 3 is 2.56 bits per heavy atom. The van der Waals surface area contributed by atoms with Gasteiger partial charge in [-0.3, -0.25) is 4.68 Å². The van der Waals surface area contributed by atoms with Gasteiger partial charge in [0.15, 0.2) is 0 Å². The third kappa shape index (κ3) is 3.73. The number of hydrogen-bond acceptors (Lipinski definition) is 4. The summed E-state index contributed by atoms with van der Waals surface area (Å²) >= 11 is 1.66. The fourth-order valence-corrected chi connectivity index (χ4v) is 2.98. The van der Waals surface area contributed by atoms with Crippen molar-refractivity contribution >= 4 is 11.8 Å². The van der Waals surface area contributed by atoms with E-state index >= 15 is 0 Å². The van der Waals surface area contributed by atoms with Crippen molar-refractivity contribution in [2.75, 3.05) is 18.6 Å². The molecular formula is C13H25N3OS. The van der Waals surface area contributed by atoms with Crippen LogP contribution in [-0.4, -0.2) is 39.0 Å². The number of aromatic nitrogens is 2. The van der Waals surface area contributed by atoms with Crippen molar-refractivity contribution in [1.82, 2.24) is 15.1 Å². The van der Waals surface area contributed by atoms with E-state index in [2.05, 4.69) is 24.3 Å². The quantitative estimate of drug-likeness (QED) is 0.828. The van der Waals surface area contributed by atoms with Crippen LogP contribution in [0.1, 0.15) is 36.8 Å². The molecule has 1 rings (SSSR count). The summed E-state index contributed by atoms with van der Waals surface area (Å²) in [6, 6.07) is 0.201. The van der Waals surface area contributed by atoms with Crippen LogP contribution in [0.5, 0.6) is 0 Å². The normalized spacial score (nSPS) is 16.6. The van der Waals surface area contributed by atoms with Crippen LogP contribution in [0.25, 0.3) is 0 Å². The van der Waals surface area contributed by atoms with Crippen LogP contribution in [-0.2, 0) is 7.05 Å². The predicted molar refractivity (Wildman–Crippen MR) is 78.1 cm³/mol. The summed E-state index contributed by atoms with van der Waals surface area (Å²) in [5.74, 6) is 0.734. The minimum atomic E-state index is -0.669. The minimum Gasteiger partial charge on any atom is -0.388 e. The number of thioether (sulfide) groups is 1. The lowest BCUT2D eigenvalue weighted by Gasteiger charge is -2.25. The molecule has 0 amide bonds. The Balaban J connectivity index is 2.68. The van der Waals surface area contributed by atoms with Gasteiger partial charge >= 0.3 is 0 Å². The SMILES string of the molecule is CSCC(C)(O)CNC(C)c1c(C)nn(C)c1C. The molecule has 1 aromatic heterocycles. The zero-order valence-electron chi connectivity index (χ0n) is 12.2. The topological polar surface area (TPSA) is 50.1 Å². The lowest BCUT2D eigenvalue weighted by molar-refractivity contribution is 0.0820. The van der Waals surface area contributed by atoms with Gasteiger partial charge in [0.05, 0.1) is 11.3 Å². The standard InChI is InChI=1S/C13H25N3OS/c1-9(14-7-13(4,17)8-18-6)12-10(2)15-16(5)11(12)3/h9,14,17H,7-8H2,1-6H3. The molecule has 2 atom stereocenters. The third-order valence-electron chi connectivity index (χ3n) is 3.24. The number of hydrogen-bond donors (Lipinski definition) is 2. The number of rotatable bonds is 6. The number of aliphatic hydroxyl groups is 1. The summed E-state index contributed by atoms with van der Waals surface area (Å²) in [5.41, 5.74) is 2.80. The van der Waals surface area contributed by atoms with Gasteiger partial charge in [0, 0.05) is 36.6 Å². The van der Waals surface area contributed by atoms with Crippen LogP contribution < -0.4 is 5.32 Å². The highest BCUT2D eigenvalue weighted by Crippen LogP contribution is 2.21. The van der Waals surface area contributed by atoms with Gasteiger partial charge in [0.25, 0.3) is 0 Å². The largest absolute Gasteiger partial charge is 0.388 e. The number of aryl methyl sites for hydroxylation is 2. The van der Waals surface area contributed by atoms with Gasteiger partial charge in [-0.05, 0) is 34.0 Å². The third-order valence-corrected chi connectivity index (χ3v) is 4.15. The van der Waals surface area contributed by atoms with Gasteiger partial charge in [0.2, 0.25) is 0 Å². The Morgan fingerprint density at radius 1 is 1.50 bits per heavy atom. The maximum Gasteiger partial charge on any atom is 0.0833 e. The maximum atomic E-state index is 10.1. The highest BCUT2D eigenvalue weighted by Gasteiger charge is 2.22. The predicted octanol–water partition coefficient (Wildman–Crippen LogP) is 1.80. The fraction of sp³-hybridized carbons (Fsp3) is 0.769. The molecule has 0 fully saturated rings. The Kier molecular flexibility index (Phi) is 5.25. The van der Waals surface area contributed by atoms with E-state index in [0.29, 0.717) is 6.54 Å². The summed E-state index contributed by atoms with van der Waals surface area (Å²) in [6.45, 7) is 8.68. The van der Waals surface area contributed by atoms with E-state index in [4.69, 9.17) is 0 Å². The Labute approximate surface area is 114 Å². The van der Waals surface area contributed by atoms with E-state index in [1.165, 1.54) is 11.3 Å². The van der Waals surface area contributed by atoms with Crippen LogP contribution in [0.15, 0.2) is 0 Å². The van der Waals surface area contributed by atoms with E-state index in [0.717, 1.165) is 11.4 Å². The monoisotopic (exact) mass is 271 g/mol. The highest BCUT2D eigenvalue weighted by atomic mass is 32.2. The maximum absolute atomic E-state index is 10.1. The van der Waals surface area contributed by atoms with Crippen molar-refractivity contribution < 1.29 is 5.11 Å². The lowest BCUT2D eigenvalue weighted by atomic mass is 10.0. The van der Waals surface area contributed by atoms with Crippen LogP contribution in [0, 0.1) is 13.8 Å². The van der Waals surface area contributed by atoms with Crippen molar-refractivity contribution in [3.8, 4) is 0 Å². The molecule has 1 heterocycles. The van der Waals surface area contributed by atoms with Gasteiger partial charge < -0.3 is 10.4 Å². The van der Waals surface area contributed by atoms with Crippen molar-refractivity contribution in [3.63, 3.8) is 0 Å². The first-order valence-corrected chi connectivity index (χ1v) is 7.62. The molecule has 2 unspecified atom stereocenters. The molecule has 4 nitrogen and oxygen atoms in total. The van der Waals surface area contributed by atoms with Crippen LogP contribution in [0.2, 0.25) is 0 Å². The summed E-state index contributed by atoms with van der Waals surface area (Å²) in [7, 11) is 1.96. The molecule has 0 aliphatic carbocycles. The molecule has 104 valence electrons. The summed E-state index contributed by atoms with van der Waals surface area (Å²) in [5, 5.41) is 18.0. The van der Waals surface area contributed by atoms with Gasteiger partial charge in [-0.15, -0.1) is 0 Å². The van der Waals surface area contributed by atoms with E-state index in [-0.39, 0.29) is 6.04 Å². The zero-order chi connectivity index (χ0) is 13.9. The Bertz CT molecular complexity index is 401. The number of nitrogens with zero attached hydrogens (tertiary/aromatic N) is 2. The summed E-state index contributed by atoms with van der Waals surface area (Å²) in [6.07, 6.45) is 2.01. The fourth-order valence-electron chi connectivity index (χ4n) is 2.25. The second kappa shape index (κ2) is 6.08. The van der Waals surface area contributed by atoms with E-state index in [1.807, 2.05) is 31.8 Å². The highest BCUT2D eigenvalue weighted by molar-refractivity contribution is 7.98. The molecule has 0 bridgehead atoms. The van der Waals surface area contributed by atoms with Crippen molar-refractivity contribution in [1.29, 1.82) is 0 Å². The Hall–Kier alpha value is -0.520. The molecule has 18 heavy (non-hydrogen) atoms. The molecule has 2 N–H and O–H groups in total. The van der Waals surface area contributed by atoms with Crippen molar-refractivity contribution in [2.24, 2.45) is 7.05 Å². The minimum absolute atomic E-state index is 0.201. The first kappa shape index (κ1) is 15.5. The number of nitrogens with one attached hydrogen (secondary N) is 1. The summed E-state index contributed by atoms with van der Waals surface area (Å²) < 4.78 is 1.91. The molecule has 0 aliphatic heterocycles. The molecule has 0 aromatic carbocycles. The molecule has 0 spiro atoms. The molecule has 0 saturated carbocycles. The average molecular weight is 271 g/mol. The Morgan fingerprint density at radius 2 is 2.11 bits per heavy atom. The molecule has 0 radical (unpaired) electrons. The van der Waals surface area contributed by atoms with Gasteiger partial charge in [-0.25, -0.2) is 0 Å². The van der Waals surface area contributed by atoms with Gasteiger partial charge in [0.1, 0.15) is 0 Å². The lowest BCUT2D eigenvalue weighted by Crippen LogP contribution is -2.41. The van der Waals surface area contributed by atoms with Crippen molar-refractivity contribution in [2.45, 2.75) is 39.3 Å². The average Bonchev–Trinajstić information content (AvgIpc) is 2.50. The van der Waals surface area contributed by atoms with Gasteiger partial charge in [-0.2, -0.15) is 16.9 Å². The summed E-state index contributed by atoms with van der Waals surface area (Å²) in [4.78, 5) is 0. The first-order valence-electron chi connectivity index (χ1n) is 6.23. The van der Waals surface area contributed by atoms with E-state index in [9.17, 15) is 5.11 Å². The molecule has 0 aliphatic rings. The van der Waals surface area contributed by atoms with Gasteiger partial charge in [-0.1, -0.05) is 0 Å². The van der Waals surface area contributed by atoms with Crippen LogP contribution in [0.4, 0.5) is 0 Å². The second-order valence-electron chi connectivity index (χ2n) is 5.24. The smallest absolute Gasteiger partial charge is 0.0833 e. The molecule has 1 aromatic rings. The first-order chi connectivity index (χ1) is 8.28. The van der Waals surface area contributed by atoms with E-state index < -0.39 is 5.60 Å². The second-order valence-corrected chi connectivity index (χ2v) is 6.11. The van der Waals surface area contributed by atoms with E-state index in [1.54, 1.807) is 11.8 Å². The van der Waals surface area contributed by atoms with Crippen molar-refractivity contribution in [3.05, 3.63) is 17.0 Å². The zero-order valence-corrected chi connectivity index (χ0v) is 13.1. The molecule has 0 saturated heterocycles. The van der Waals surface area contributed by atoms with Crippen LogP contribution in [0.3, 0.4) is 0 Å². The molecule has 5 heteroatoms. The van der Waals surface area contributed by atoms with Crippen LogP contribution >= 0.6 is 11.8 Å². The molecular weight excluding hydrogens is 246 g/mol.